The Bertz CT molecular complexity index is 974. The molecule has 0 aliphatic rings. The fourth-order valence-corrected chi connectivity index (χ4v) is 4.42. The zero-order valence-electron chi connectivity index (χ0n) is 15.2. The van der Waals surface area contributed by atoms with Gasteiger partial charge in [-0.05, 0) is 36.4 Å². The zero-order valence-corrected chi connectivity index (χ0v) is 17.6. The Labute approximate surface area is 171 Å². The average Bonchev–Trinajstić information content (AvgIpc) is 2.66. The maximum Gasteiger partial charge on any atom is 0.269 e. The number of carbonyl (C=O) groups excluding carboxylic acids is 2. The van der Waals surface area contributed by atoms with E-state index in [1.807, 2.05) is 0 Å². The number of nitrogens with zero attached hydrogens (tertiary/aromatic N) is 1. The average molecular weight is 472 g/mol. The Morgan fingerprint density at radius 1 is 1.00 bits per heavy atom. The summed E-state index contributed by atoms with van der Waals surface area (Å²) in [4.78, 5) is 24.3. The Morgan fingerprint density at radius 2 is 1.61 bits per heavy atom. The van der Waals surface area contributed by atoms with E-state index in [1.165, 1.54) is 40.7 Å². The van der Waals surface area contributed by atoms with Crippen LogP contribution in [0.25, 0.3) is 0 Å². The minimum Gasteiger partial charge on any atom is -0.267 e. The van der Waals surface area contributed by atoms with Crippen LogP contribution in [0.2, 0.25) is 0 Å². The van der Waals surface area contributed by atoms with Gasteiger partial charge in [0, 0.05) is 28.7 Å². The van der Waals surface area contributed by atoms with E-state index in [0.29, 0.717) is 17.6 Å². The predicted molar refractivity (Wildman–Crippen MR) is 106 cm³/mol. The quantitative estimate of drug-likeness (QED) is 0.633. The lowest BCUT2D eigenvalue weighted by Gasteiger charge is -2.18. The van der Waals surface area contributed by atoms with E-state index < -0.39 is 27.7 Å². The summed E-state index contributed by atoms with van der Waals surface area (Å²) in [5.74, 6) is -2.04. The van der Waals surface area contributed by atoms with Crippen molar-refractivity contribution in [2.24, 2.45) is 0 Å². The molecule has 0 saturated carbocycles. The van der Waals surface area contributed by atoms with Gasteiger partial charge in [0.05, 0.1) is 4.90 Å². The first kappa shape index (κ1) is 22.0. The largest absolute Gasteiger partial charge is 0.269 e. The third-order valence-corrected chi connectivity index (χ3v) is 6.36. The lowest BCUT2D eigenvalue weighted by Crippen LogP contribution is -2.41. The minimum atomic E-state index is -3.72. The highest BCUT2D eigenvalue weighted by molar-refractivity contribution is 9.10. The van der Waals surface area contributed by atoms with E-state index in [0.717, 1.165) is 6.07 Å². The van der Waals surface area contributed by atoms with Crippen molar-refractivity contribution < 1.29 is 22.4 Å². The number of rotatable bonds is 6. The highest BCUT2D eigenvalue weighted by atomic mass is 79.9. The maximum absolute atomic E-state index is 13.4. The number of nitrogens with one attached hydrogen (secondary N) is 2. The SMILES string of the molecule is CCN(CC)S(=O)(=O)c1cccc(C(=O)NNC(=O)c2cc(F)cc(Br)c2)c1. The molecule has 0 aromatic heterocycles. The fraction of sp³-hybridized carbons (Fsp3) is 0.222. The summed E-state index contributed by atoms with van der Waals surface area (Å²) < 4.78 is 40.2. The number of sulfonamides is 1. The van der Waals surface area contributed by atoms with E-state index in [4.69, 9.17) is 0 Å². The monoisotopic (exact) mass is 471 g/mol. The number of hydrogen-bond donors (Lipinski definition) is 2. The van der Waals surface area contributed by atoms with Crippen LogP contribution in [0, 0.1) is 5.82 Å². The standard InChI is InChI=1S/C18H19BrFN3O4S/c1-3-23(4-2)28(26,27)16-7-5-6-12(10-16)17(24)21-22-18(25)13-8-14(19)11-15(20)9-13/h5-11H,3-4H2,1-2H3,(H,21,24)(H,22,25). The summed E-state index contributed by atoms with van der Waals surface area (Å²) in [7, 11) is -3.72. The molecule has 0 saturated heterocycles. The van der Waals surface area contributed by atoms with Gasteiger partial charge in [-0.3, -0.25) is 20.4 Å². The summed E-state index contributed by atoms with van der Waals surface area (Å²) >= 11 is 3.08. The number of halogens is 2. The van der Waals surface area contributed by atoms with E-state index in [2.05, 4.69) is 26.8 Å². The Morgan fingerprint density at radius 3 is 2.18 bits per heavy atom. The van der Waals surface area contributed by atoms with Gasteiger partial charge in [0.1, 0.15) is 5.82 Å². The molecule has 0 fully saturated rings. The summed E-state index contributed by atoms with van der Waals surface area (Å²) in [5, 5.41) is 0. The van der Waals surface area contributed by atoms with Crippen molar-refractivity contribution in [1.82, 2.24) is 15.2 Å². The Hall–Kier alpha value is -2.30. The molecule has 2 amide bonds. The summed E-state index contributed by atoms with van der Waals surface area (Å²) in [6.07, 6.45) is 0. The first-order valence-corrected chi connectivity index (χ1v) is 10.6. The molecule has 7 nitrogen and oxygen atoms in total. The number of hydrogen-bond acceptors (Lipinski definition) is 4. The molecule has 0 unspecified atom stereocenters. The van der Waals surface area contributed by atoms with Crippen molar-refractivity contribution in [3.05, 3.63) is 63.9 Å². The highest BCUT2D eigenvalue weighted by Crippen LogP contribution is 2.17. The van der Waals surface area contributed by atoms with Crippen LogP contribution in [0.1, 0.15) is 34.6 Å². The van der Waals surface area contributed by atoms with Crippen LogP contribution in [-0.2, 0) is 10.0 Å². The third kappa shape index (κ3) is 5.15. The van der Waals surface area contributed by atoms with E-state index >= 15 is 0 Å². The minimum absolute atomic E-state index is 0.00466. The smallest absolute Gasteiger partial charge is 0.267 e. The summed E-state index contributed by atoms with van der Waals surface area (Å²) in [5.41, 5.74) is 4.41. The summed E-state index contributed by atoms with van der Waals surface area (Å²) in [6, 6.07) is 9.09. The molecule has 150 valence electrons. The molecular formula is C18H19BrFN3O4S. The first-order valence-electron chi connectivity index (χ1n) is 8.36. The molecule has 2 aromatic carbocycles. The Balaban J connectivity index is 2.14. The van der Waals surface area contributed by atoms with E-state index in [1.54, 1.807) is 13.8 Å². The molecule has 2 aromatic rings. The van der Waals surface area contributed by atoms with Gasteiger partial charge in [-0.25, -0.2) is 12.8 Å². The first-order chi connectivity index (χ1) is 13.2. The van der Waals surface area contributed by atoms with Crippen LogP contribution in [-0.4, -0.2) is 37.6 Å². The van der Waals surface area contributed by atoms with Crippen LogP contribution < -0.4 is 10.9 Å². The number of carbonyl (C=O) groups is 2. The van der Waals surface area contributed by atoms with Gasteiger partial charge in [-0.2, -0.15) is 4.31 Å². The third-order valence-electron chi connectivity index (χ3n) is 3.85. The lowest BCUT2D eigenvalue weighted by atomic mass is 10.2. The molecule has 28 heavy (non-hydrogen) atoms. The molecule has 2 rings (SSSR count). The normalized spacial score (nSPS) is 11.3. The van der Waals surface area contributed by atoms with Crippen molar-refractivity contribution in [2.75, 3.05) is 13.1 Å². The molecule has 0 bridgehead atoms. The number of benzene rings is 2. The fourth-order valence-electron chi connectivity index (χ4n) is 2.45. The molecular weight excluding hydrogens is 453 g/mol. The Kier molecular flexibility index (Phi) is 7.28. The number of hydrazine groups is 1. The topological polar surface area (TPSA) is 95.6 Å². The molecule has 0 spiro atoms. The molecule has 0 radical (unpaired) electrons. The highest BCUT2D eigenvalue weighted by Gasteiger charge is 2.22. The van der Waals surface area contributed by atoms with Gasteiger partial charge in [-0.1, -0.05) is 35.8 Å². The van der Waals surface area contributed by atoms with Gasteiger partial charge >= 0.3 is 0 Å². The van der Waals surface area contributed by atoms with Crippen LogP contribution in [0.5, 0.6) is 0 Å². The molecule has 0 heterocycles. The van der Waals surface area contributed by atoms with Gasteiger partial charge in [0.25, 0.3) is 11.8 Å². The molecule has 10 heteroatoms. The molecule has 0 atom stereocenters. The van der Waals surface area contributed by atoms with Gasteiger partial charge in [0.2, 0.25) is 10.0 Å². The van der Waals surface area contributed by atoms with Crippen molar-refractivity contribution >= 4 is 37.8 Å². The van der Waals surface area contributed by atoms with Gasteiger partial charge in [0.15, 0.2) is 0 Å². The van der Waals surface area contributed by atoms with Crippen molar-refractivity contribution in [3.63, 3.8) is 0 Å². The number of amides is 2. The molecule has 0 aliphatic heterocycles. The van der Waals surface area contributed by atoms with Crippen molar-refractivity contribution in [2.45, 2.75) is 18.7 Å². The van der Waals surface area contributed by atoms with E-state index in [-0.39, 0.29) is 16.0 Å². The van der Waals surface area contributed by atoms with Crippen LogP contribution >= 0.6 is 15.9 Å². The lowest BCUT2D eigenvalue weighted by molar-refractivity contribution is 0.0846. The second-order valence-electron chi connectivity index (χ2n) is 5.68. The van der Waals surface area contributed by atoms with Crippen LogP contribution in [0.15, 0.2) is 51.8 Å². The van der Waals surface area contributed by atoms with E-state index in [9.17, 15) is 22.4 Å². The van der Waals surface area contributed by atoms with Crippen molar-refractivity contribution in [3.8, 4) is 0 Å². The van der Waals surface area contributed by atoms with Crippen LogP contribution in [0.4, 0.5) is 4.39 Å². The summed E-state index contributed by atoms with van der Waals surface area (Å²) in [6.45, 7) is 4.04. The second kappa shape index (κ2) is 9.26. The maximum atomic E-state index is 13.4. The molecule has 2 N–H and O–H groups in total. The van der Waals surface area contributed by atoms with Crippen LogP contribution in [0.3, 0.4) is 0 Å². The van der Waals surface area contributed by atoms with Crippen molar-refractivity contribution in [1.29, 1.82) is 0 Å². The zero-order chi connectivity index (χ0) is 20.9. The predicted octanol–water partition coefficient (Wildman–Crippen LogP) is 2.69. The van der Waals surface area contributed by atoms with Gasteiger partial charge in [-0.15, -0.1) is 0 Å². The van der Waals surface area contributed by atoms with Gasteiger partial charge < -0.3 is 0 Å². The second-order valence-corrected chi connectivity index (χ2v) is 8.54. The molecule has 0 aliphatic carbocycles.